The molecule has 0 saturated heterocycles. The van der Waals surface area contributed by atoms with Crippen LogP contribution in [0.4, 0.5) is 11.6 Å². The molecule has 5 nitrogen and oxygen atoms in total. The van der Waals surface area contributed by atoms with E-state index in [9.17, 15) is 4.79 Å². The summed E-state index contributed by atoms with van der Waals surface area (Å²) in [7, 11) is 0. The summed E-state index contributed by atoms with van der Waals surface area (Å²) < 4.78 is 1.99. The van der Waals surface area contributed by atoms with Gasteiger partial charge < -0.3 is 15.2 Å². The maximum absolute atomic E-state index is 12.4. The summed E-state index contributed by atoms with van der Waals surface area (Å²) in [6.07, 6.45) is 2.87. The average Bonchev–Trinajstić information content (AvgIpc) is 2.86. The van der Waals surface area contributed by atoms with Crippen LogP contribution in [0.25, 0.3) is 0 Å². The molecule has 1 aliphatic rings. The van der Waals surface area contributed by atoms with Crippen molar-refractivity contribution in [2.45, 2.75) is 33.7 Å². The van der Waals surface area contributed by atoms with Crippen molar-refractivity contribution in [3.8, 4) is 0 Å². The van der Waals surface area contributed by atoms with Crippen molar-refractivity contribution >= 4 is 17.5 Å². The van der Waals surface area contributed by atoms with Crippen molar-refractivity contribution in [2.24, 2.45) is 0 Å². The minimum Gasteiger partial charge on any atom is -0.356 e. The van der Waals surface area contributed by atoms with Crippen molar-refractivity contribution in [2.75, 3.05) is 17.2 Å². The second kappa shape index (κ2) is 5.24. The molecule has 3 rings (SSSR count). The zero-order valence-electron chi connectivity index (χ0n) is 12.7. The molecule has 0 fully saturated rings. The lowest BCUT2D eigenvalue weighted by atomic mass is 10.1. The molecular weight excluding hydrogens is 264 g/mol. The normalized spacial score (nSPS) is 13.5. The van der Waals surface area contributed by atoms with Gasteiger partial charge in [0.1, 0.15) is 5.69 Å². The van der Waals surface area contributed by atoms with Crippen molar-refractivity contribution in [1.29, 1.82) is 0 Å². The van der Waals surface area contributed by atoms with E-state index < -0.39 is 0 Å². The van der Waals surface area contributed by atoms with Crippen molar-refractivity contribution < 1.29 is 4.79 Å². The molecular formula is C16H20N4O. The molecule has 1 amide bonds. The molecule has 2 heterocycles. The number of rotatable bonds is 2. The summed E-state index contributed by atoms with van der Waals surface area (Å²) in [6.45, 7) is 7.89. The van der Waals surface area contributed by atoms with Gasteiger partial charge >= 0.3 is 0 Å². The summed E-state index contributed by atoms with van der Waals surface area (Å²) in [5.41, 5.74) is 4.68. The minimum atomic E-state index is -0.159. The smallest absolute Gasteiger partial charge is 0.275 e. The second-order valence-corrected chi connectivity index (χ2v) is 5.65. The third-order valence-corrected chi connectivity index (χ3v) is 3.78. The average molecular weight is 284 g/mol. The number of carbonyl (C=O) groups excluding carboxylic acids is 1. The zero-order chi connectivity index (χ0) is 15.0. The van der Waals surface area contributed by atoms with Gasteiger partial charge in [0.25, 0.3) is 5.91 Å². The van der Waals surface area contributed by atoms with Crippen molar-refractivity contribution in [1.82, 2.24) is 9.55 Å². The molecule has 110 valence electrons. The van der Waals surface area contributed by atoms with Crippen molar-refractivity contribution in [3.05, 3.63) is 40.7 Å². The van der Waals surface area contributed by atoms with Crippen LogP contribution >= 0.6 is 0 Å². The van der Waals surface area contributed by atoms with E-state index in [1.54, 1.807) is 0 Å². The standard InChI is InChI=1S/C16H20N4O/c1-10-7-11(2)14(12(3)8-10)19-15(21)13-9-20-6-4-5-17-16(20)18-13/h7-9H,4-6H2,1-3H3,(H,17,18)(H,19,21). The molecule has 0 unspecified atom stereocenters. The van der Waals surface area contributed by atoms with Crippen LogP contribution < -0.4 is 10.6 Å². The van der Waals surface area contributed by atoms with Gasteiger partial charge in [0.2, 0.25) is 5.95 Å². The van der Waals surface area contributed by atoms with Crippen LogP contribution in [-0.2, 0) is 6.54 Å². The third kappa shape index (κ3) is 2.63. The Balaban J connectivity index is 1.85. The first-order chi connectivity index (χ1) is 10.0. The van der Waals surface area contributed by atoms with Crippen LogP contribution in [0.5, 0.6) is 0 Å². The highest BCUT2D eigenvalue weighted by Gasteiger charge is 2.17. The molecule has 21 heavy (non-hydrogen) atoms. The Morgan fingerprint density at radius 1 is 1.29 bits per heavy atom. The maximum Gasteiger partial charge on any atom is 0.275 e. The van der Waals surface area contributed by atoms with Gasteiger partial charge in [-0.05, 0) is 38.3 Å². The first kappa shape index (κ1) is 13.7. The third-order valence-electron chi connectivity index (χ3n) is 3.78. The number of hydrogen-bond donors (Lipinski definition) is 2. The van der Waals surface area contributed by atoms with Crippen LogP contribution in [0.15, 0.2) is 18.3 Å². The fraction of sp³-hybridized carbons (Fsp3) is 0.375. The van der Waals surface area contributed by atoms with Gasteiger partial charge in [-0.15, -0.1) is 0 Å². The summed E-state index contributed by atoms with van der Waals surface area (Å²) in [4.78, 5) is 16.8. The summed E-state index contributed by atoms with van der Waals surface area (Å²) >= 11 is 0. The van der Waals surface area contributed by atoms with Gasteiger partial charge in [-0.1, -0.05) is 17.7 Å². The summed E-state index contributed by atoms with van der Waals surface area (Å²) in [5.74, 6) is 0.623. The summed E-state index contributed by atoms with van der Waals surface area (Å²) in [5, 5.41) is 6.19. The first-order valence-corrected chi connectivity index (χ1v) is 7.25. The topological polar surface area (TPSA) is 59.0 Å². The number of carbonyl (C=O) groups is 1. The van der Waals surface area contributed by atoms with E-state index in [4.69, 9.17) is 0 Å². The second-order valence-electron chi connectivity index (χ2n) is 5.65. The molecule has 0 spiro atoms. The van der Waals surface area contributed by atoms with E-state index in [1.165, 1.54) is 5.56 Å². The molecule has 0 atom stereocenters. The molecule has 0 aliphatic carbocycles. The molecule has 2 aromatic rings. The SMILES string of the molecule is Cc1cc(C)c(NC(=O)c2cn3c(n2)NCCC3)c(C)c1. The number of fused-ring (bicyclic) bond motifs is 1. The summed E-state index contributed by atoms with van der Waals surface area (Å²) in [6, 6.07) is 4.14. The molecule has 1 aromatic carbocycles. The van der Waals surface area contributed by atoms with E-state index in [0.717, 1.165) is 42.3 Å². The molecule has 1 aromatic heterocycles. The Hall–Kier alpha value is -2.30. The highest BCUT2D eigenvalue weighted by molar-refractivity contribution is 6.04. The van der Waals surface area contributed by atoms with Gasteiger partial charge in [-0.2, -0.15) is 0 Å². The van der Waals surface area contributed by atoms with E-state index in [2.05, 4.69) is 34.7 Å². The molecule has 2 N–H and O–H groups in total. The van der Waals surface area contributed by atoms with Gasteiger partial charge in [0.15, 0.2) is 0 Å². The lowest BCUT2D eigenvalue weighted by molar-refractivity contribution is 0.102. The number of aromatic nitrogens is 2. The number of anilines is 2. The predicted molar refractivity (Wildman–Crippen MR) is 83.9 cm³/mol. The van der Waals surface area contributed by atoms with Crippen LogP contribution in [0.3, 0.4) is 0 Å². The number of benzene rings is 1. The van der Waals surface area contributed by atoms with Gasteiger partial charge in [0.05, 0.1) is 0 Å². The Labute approximate surface area is 124 Å². The first-order valence-electron chi connectivity index (χ1n) is 7.25. The van der Waals surface area contributed by atoms with Gasteiger partial charge in [-0.25, -0.2) is 4.98 Å². The van der Waals surface area contributed by atoms with Gasteiger partial charge in [0, 0.05) is 25.0 Å². The zero-order valence-corrected chi connectivity index (χ0v) is 12.7. The highest BCUT2D eigenvalue weighted by Crippen LogP contribution is 2.23. The fourth-order valence-electron chi connectivity index (χ4n) is 2.84. The number of amides is 1. The Bertz CT molecular complexity index is 656. The van der Waals surface area contributed by atoms with Crippen LogP contribution in [0.1, 0.15) is 33.6 Å². The van der Waals surface area contributed by atoms with Crippen molar-refractivity contribution in [3.63, 3.8) is 0 Å². The highest BCUT2D eigenvalue weighted by atomic mass is 16.1. The lowest BCUT2D eigenvalue weighted by Gasteiger charge is -2.14. The fourth-order valence-corrected chi connectivity index (χ4v) is 2.84. The molecule has 1 aliphatic heterocycles. The predicted octanol–water partition coefficient (Wildman–Crippen LogP) is 2.88. The Morgan fingerprint density at radius 3 is 2.67 bits per heavy atom. The van der Waals surface area contributed by atoms with E-state index in [0.29, 0.717) is 5.69 Å². The van der Waals surface area contributed by atoms with E-state index >= 15 is 0 Å². The van der Waals surface area contributed by atoms with Crippen LogP contribution in [-0.4, -0.2) is 22.0 Å². The number of nitrogens with zero attached hydrogens (tertiary/aromatic N) is 2. The lowest BCUT2D eigenvalue weighted by Crippen LogP contribution is -2.16. The molecule has 0 saturated carbocycles. The van der Waals surface area contributed by atoms with Gasteiger partial charge in [-0.3, -0.25) is 4.79 Å². The number of nitrogens with one attached hydrogen (secondary N) is 2. The Morgan fingerprint density at radius 2 is 2.00 bits per heavy atom. The molecule has 0 radical (unpaired) electrons. The minimum absolute atomic E-state index is 0.159. The number of imidazole rings is 1. The molecule has 5 heteroatoms. The quantitative estimate of drug-likeness (QED) is 0.891. The number of hydrogen-bond acceptors (Lipinski definition) is 3. The Kier molecular flexibility index (Phi) is 3.41. The van der Waals surface area contributed by atoms with E-state index in [-0.39, 0.29) is 5.91 Å². The van der Waals surface area contributed by atoms with Crippen LogP contribution in [0.2, 0.25) is 0 Å². The largest absolute Gasteiger partial charge is 0.356 e. The maximum atomic E-state index is 12.4. The molecule has 0 bridgehead atoms. The number of aryl methyl sites for hydroxylation is 4. The van der Waals surface area contributed by atoms with Crippen LogP contribution in [0, 0.1) is 20.8 Å². The van der Waals surface area contributed by atoms with E-state index in [1.807, 2.05) is 24.6 Å². The monoisotopic (exact) mass is 284 g/mol.